The van der Waals surface area contributed by atoms with Gasteiger partial charge in [0, 0.05) is 54.6 Å². The van der Waals surface area contributed by atoms with Crippen LogP contribution in [0.2, 0.25) is 5.02 Å². The lowest BCUT2D eigenvalue weighted by Gasteiger charge is -2.34. The number of piperazine rings is 1. The summed E-state index contributed by atoms with van der Waals surface area (Å²) >= 11 is 5.84. The van der Waals surface area contributed by atoms with E-state index in [1.165, 1.54) is 18.2 Å². The van der Waals surface area contributed by atoms with E-state index in [-0.39, 0.29) is 17.6 Å². The normalized spacial score (nSPS) is 14.0. The van der Waals surface area contributed by atoms with Crippen molar-refractivity contribution in [3.8, 4) is 0 Å². The number of hydrogen-bond acceptors (Lipinski definition) is 4. The van der Waals surface area contributed by atoms with E-state index in [9.17, 15) is 19.7 Å². The lowest BCUT2D eigenvalue weighted by molar-refractivity contribution is -0.384. The molecule has 2 aromatic carbocycles. The number of urea groups is 1. The second kappa shape index (κ2) is 8.05. The third-order valence-corrected chi connectivity index (χ3v) is 4.51. The molecule has 140 valence electrons. The molecule has 9 heteroatoms. The molecule has 1 saturated heterocycles. The molecule has 0 bridgehead atoms. The standard InChI is InChI=1S/C18H17ClN4O4/c19-14-6-4-13(5-7-14)17(24)21-8-10-22(11-9-21)18(25)20-15-2-1-3-16(12-15)23(26)27/h1-7,12H,8-11H2,(H,20,25). The Morgan fingerprint density at radius 2 is 1.63 bits per heavy atom. The van der Waals surface area contributed by atoms with Crippen molar-refractivity contribution in [3.63, 3.8) is 0 Å². The van der Waals surface area contributed by atoms with Crippen LogP contribution in [-0.2, 0) is 0 Å². The van der Waals surface area contributed by atoms with E-state index in [0.29, 0.717) is 42.5 Å². The number of non-ortho nitro benzene ring substituents is 1. The Kier molecular flexibility index (Phi) is 5.56. The average molecular weight is 389 g/mol. The Labute approximate surface area is 160 Å². The average Bonchev–Trinajstić information content (AvgIpc) is 2.68. The minimum Gasteiger partial charge on any atom is -0.335 e. The van der Waals surface area contributed by atoms with Crippen molar-refractivity contribution in [1.82, 2.24) is 9.80 Å². The van der Waals surface area contributed by atoms with Crippen LogP contribution >= 0.6 is 11.6 Å². The molecule has 2 aromatic rings. The molecule has 27 heavy (non-hydrogen) atoms. The molecule has 0 spiro atoms. The van der Waals surface area contributed by atoms with Gasteiger partial charge in [-0.15, -0.1) is 0 Å². The lowest BCUT2D eigenvalue weighted by Crippen LogP contribution is -2.51. The molecule has 0 atom stereocenters. The number of hydrogen-bond donors (Lipinski definition) is 1. The van der Waals surface area contributed by atoms with Crippen LogP contribution in [0.4, 0.5) is 16.2 Å². The van der Waals surface area contributed by atoms with Crippen molar-refractivity contribution in [2.75, 3.05) is 31.5 Å². The van der Waals surface area contributed by atoms with E-state index in [1.54, 1.807) is 40.1 Å². The number of benzene rings is 2. The van der Waals surface area contributed by atoms with Crippen LogP contribution in [-0.4, -0.2) is 52.8 Å². The van der Waals surface area contributed by atoms with Gasteiger partial charge >= 0.3 is 6.03 Å². The van der Waals surface area contributed by atoms with Gasteiger partial charge in [-0.3, -0.25) is 14.9 Å². The summed E-state index contributed by atoms with van der Waals surface area (Å²) in [5.74, 6) is -0.106. The van der Waals surface area contributed by atoms with Crippen LogP contribution in [0.15, 0.2) is 48.5 Å². The number of nitrogens with zero attached hydrogens (tertiary/aromatic N) is 3. The van der Waals surface area contributed by atoms with Gasteiger partial charge in [-0.2, -0.15) is 0 Å². The molecule has 3 rings (SSSR count). The molecule has 8 nitrogen and oxygen atoms in total. The summed E-state index contributed by atoms with van der Waals surface area (Å²) in [6, 6.07) is 12.1. The fraction of sp³-hybridized carbons (Fsp3) is 0.222. The van der Waals surface area contributed by atoms with Crippen LogP contribution in [0.1, 0.15) is 10.4 Å². The van der Waals surface area contributed by atoms with Crippen LogP contribution in [0.3, 0.4) is 0 Å². The predicted octanol–water partition coefficient (Wildman–Crippen LogP) is 3.24. The molecule has 3 amide bonds. The highest BCUT2D eigenvalue weighted by atomic mass is 35.5. The van der Waals surface area contributed by atoms with Crippen LogP contribution in [0.5, 0.6) is 0 Å². The molecular formula is C18H17ClN4O4. The minimum absolute atomic E-state index is 0.0915. The number of halogens is 1. The molecule has 0 aromatic heterocycles. The molecule has 0 radical (unpaired) electrons. The first-order valence-electron chi connectivity index (χ1n) is 8.29. The highest BCUT2D eigenvalue weighted by Gasteiger charge is 2.25. The highest BCUT2D eigenvalue weighted by molar-refractivity contribution is 6.30. The van der Waals surface area contributed by atoms with Crippen LogP contribution in [0, 0.1) is 10.1 Å². The second-order valence-electron chi connectivity index (χ2n) is 6.02. The first-order chi connectivity index (χ1) is 12.9. The number of carbonyl (C=O) groups excluding carboxylic acids is 2. The van der Waals surface area contributed by atoms with E-state index in [1.807, 2.05) is 0 Å². The fourth-order valence-corrected chi connectivity index (χ4v) is 2.91. The molecule has 1 fully saturated rings. The summed E-state index contributed by atoms with van der Waals surface area (Å²) in [7, 11) is 0. The zero-order chi connectivity index (χ0) is 19.4. The van der Waals surface area contributed by atoms with Crippen molar-refractivity contribution >= 4 is 34.9 Å². The summed E-state index contributed by atoms with van der Waals surface area (Å²) in [5.41, 5.74) is 0.814. The van der Waals surface area contributed by atoms with E-state index >= 15 is 0 Å². The Bertz CT molecular complexity index is 864. The van der Waals surface area contributed by atoms with Gasteiger partial charge in [0.05, 0.1) is 4.92 Å². The number of nitro groups is 1. The number of carbonyl (C=O) groups is 2. The second-order valence-corrected chi connectivity index (χ2v) is 6.46. The maximum Gasteiger partial charge on any atom is 0.321 e. The fourth-order valence-electron chi connectivity index (χ4n) is 2.79. The van der Waals surface area contributed by atoms with Gasteiger partial charge in [0.15, 0.2) is 0 Å². The van der Waals surface area contributed by atoms with Gasteiger partial charge in [0.2, 0.25) is 0 Å². The largest absolute Gasteiger partial charge is 0.335 e. The zero-order valence-electron chi connectivity index (χ0n) is 14.3. The third kappa shape index (κ3) is 4.53. The predicted molar refractivity (Wildman–Crippen MR) is 101 cm³/mol. The lowest BCUT2D eigenvalue weighted by atomic mass is 10.2. The van der Waals surface area contributed by atoms with E-state index in [4.69, 9.17) is 11.6 Å². The summed E-state index contributed by atoms with van der Waals surface area (Å²) in [4.78, 5) is 38.4. The summed E-state index contributed by atoms with van der Waals surface area (Å²) in [6.07, 6.45) is 0. The van der Waals surface area contributed by atoms with Gasteiger partial charge < -0.3 is 15.1 Å². The Morgan fingerprint density at radius 3 is 2.26 bits per heavy atom. The number of anilines is 1. The molecule has 1 aliphatic heterocycles. The topological polar surface area (TPSA) is 95.8 Å². The molecular weight excluding hydrogens is 372 g/mol. The molecule has 1 aliphatic rings. The van der Waals surface area contributed by atoms with Gasteiger partial charge in [-0.25, -0.2) is 4.79 Å². The van der Waals surface area contributed by atoms with Crippen molar-refractivity contribution < 1.29 is 14.5 Å². The Hall–Kier alpha value is -3.13. The van der Waals surface area contributed by atoms with Gasteiger partial charge in [0.25, 0.3) is 11.6 Å². The molecule has 0 unspecified atom stereocenters. The number of rotatable bonds is 3. The molecule has 0 aliphatic carbocycles. The number of amides is 3. The van der Waals surface area contributed by atoms with Crippen LogP contribution < -0.4 is 5.32 Å². The van der Waals surface area contributed by atoms with E-state index in [2.05, 4.69) is 5.32 Å². The van der Waals surface area contributed by atoms with Gasteiger partial charge in [-0.1, -0.05) is 17.7 Å². The number of nitrogens with one attached hydrogen (secondary N) is 1. The first-order valence-corrected chi connectivity index (χ1v) is 8.67. The molecule has 0 saturated carbocycles. The highest BCUT2D eigenvalue weighted by Crippen LogP contribution is 2.18. The Morgan fingerprint density at radius 1 is 1.00 bits per heavy atom. The maximum absolute atomic E-state index is 12.5. The maximum atomic E-state index is 12.5. The summed E-state index contributed by atoms with van der Waals surface area (Å²) in [5, 5.41) is 14.0. The van der Waals surface area contributed by atoms with E-state index in [0.717, 1.165) is 0 Å². The first kappa shape index (κ1) is 18.7. The molecule has 1 heterocycles. The quantitative estimate of drug-likeness (QED) is 0.644. The van der Waals surface area contributed by atoms with Crippen molar-refractivity contribution in [3.05, 3.63) is 69.2 Å². The summed E-state index contributed by atoms with van der Waals surface area (Å²) < 4.78 is 0. The zero-order valence-corrected chi connectivity index (χ0v) is 15.1. The minimum atomic E-state index is -0.517. The number of nitro benzene ring substituents is 1. The summed E-state index contributed by atoms with van der Waals surface area (Å²) in [6.45, 7) is 1.56. The van der Waals surface area contributed by atoms with Gasteiger partial charge in [0.1, 0.15) is 0 Å². The SMILES string of the molecule is O=C(Nc1cccc([N+](=O)[O-])c1)N1CCN(C(=O)c2ccc(Cl)cc2)CC1. The smallest absolute Gasteiger partial charge is 0.321 e. The third-order valence-electron chi connectivity index (χ3n) is 4.25. The van der Waals surface area contributed by atoms with Crippen molar-refractivity contribution in [2.24, 2.45) is 0 Å². The van der Waals surface area contributed by atoms with Crippen molar-refractivity contribution in [2.45, 2.75) is 0 Å². The molecule has 1 N–H and O–H groups in total. The Balaban J connectivity index is 1.56. The van der Waals surface area contributed by atoms with Crippen LogP contribution in [0.25, 0.3) is 0 Å². The van der Waals surface area contributed by atoms with Crippen molar-refractivity contribution in [1.29, 1.82) is 0 Å². The van der Waals surface area contributed by atoms with Gasteiger partial charge in [-0.05, 0) is 30.3 Å². The monoisotopic (exact) mass is 388 g/mol. The van der Waals surface area contributed by atoms with E-state index < -0.39 is 4.92 Å².